The number of ether oxygens (including phenoxy) is 2. The van der Waals surface area contributed by atoms with Gasteiger partial charge >= 0.3 is 5.97 Å². The molecule has 1 amide bonds. The summed E-state index contributed by atoms with van der Waals surface area (Å²) in [5.41, 5.74) is 0.922. The number of carbonyl (C=O) groups excluding carboxylic acids is 1. The van der Waals surface area contributed by atoms with Gasteiger partial charge in [-0.05, 0) is 30.5 Å². The summed E-state index contributed by atoms with van der Waals surface area (Å²) in [5.74, 6) is -0.0639. The number of aliphatic carboxylic acids is 1. The van der Waals surface area contributed by atoms with Crippen molar-refractivity contribution >= 4 is 11.9 Å². The molecule has 0 aliphatic carbocycles. The van der Waals surface area contributed by atoms with Crippen LogP contribution in [0.4, 0.5) is 0 Å². The van der Waals surface area contributed by atoms with Crippen molar-refractivity contribution in [3.63, 3.8) is 0 Å². The van der Waals surface area contributed by atoms with E-state index in [2.05, 4.69) is 5.32 Å². The first-order chi connectivity index (χ1) is 10.0. The van der Waals surface area contributed by atoms with Crippen LogP contribution in [-0.2, 0) is 16.0 Å². The van der Waals surface area contributed by atoms with Crippen molar-refractivity contribution in [1.82, 2.24) is 5.32 Å². The number of benzene rings is 1. The second kappa shape index (κ2) is 8.14. The molecular formula is C15H21NO5. The molecule has 2 N–H and O–H groups in total. The second-order valence-electron chi connectivity index (χ2n) is 4.56. The van der Waals surface area contributed by atoms with E-state index in [9.17, 15) is 9.59 Å². The van der Waals surface area contributed by atoms with Gasteiger partial charge in [0.15, 0.2) is 11.5 Å². The fraction of sp³-hybridized carbons (Fsp3) is 0.467. The number of nitrogens with one attached hydrogen (secondary N) is 1. The van der Waals surface area contributed by atoms with Crippen molar-refractivity contribution in [2.45, 2.75) is 32.2 Å². The third-order valence-electron chi connectivity index (χ3n) is 3.13. The minimum atomic E-state index is -1.02. The Balaban J connectivity index is 2.59. The maximum atomic E-state index is 11.7. The second-order valence-corrected chi connectivity index (χ2v) is 4.56. The van der Waals surface area contributed by atoms with Crippen molar-refractivity contribution in [2.24, 2.45) is 0 Å². The Labute approximate surface area is 124 Å². The number of rotatable bonds is 8. The minimum Gasteiger partial charge on any atom is -0.493 e. The lowest BCUT2D eigenvalue weighted by molar-refractivity contribution is -0.141. The fourth-order valence-corrected chi connectivity index (χ4v) is 1.90. The van der Waals surface area contributed by atoms with Gasteiger partial charge in [0.25, 0.3) is 0 Å². The molecule has 116 valence electrons. The molecule has 0 aromatic heterocycles. The van der Waals surface area contributed by atoms with E-state index < -0.39 is 12.0 Å². The smallest absolute Gasteiger partial charge is 0.326 e. The van der Waals surface area contributed by atoms with Crippen molar-refractivity contribution in [3.05, 3.63) is 23.8 Å². The Hall–Kier alpha value is -2.24. The summed E-state index contributed by atoms with van der Waals surface area (Å²) in [4.78, 5) is 22.6. The third-order valence-corrected chi connectivity index (χ3v) is 3.13. The van der Waals surface area contributed by atoms with Crippen LogP contribution < -0.4 is 14.8 Å². The molecule has 0 saturated heterocycles. The Kier molecular flexibility index (Phi) is 6.52. The first kappa shape index (κ1) is 16.8. The molecule has 1 atom stereocenters. The van der Waals surface area contributed by atoms with Gasteiger partial charge in [0, 0.05) is 6.42 Å². The number of hydrogen-bond donors (Lipinski definition) is 2. The van der Waals surface area contributed by atoms with Gasteiger partial charge in [-0.1, -0.05) is 13.0 Å². The highest BCUT2D eigenvalue weighted by Gasteiger charge is 2.17. The quantitative estimate of drug-likeness (QED) is 0.761. The van der Waals surface area contributed by atoms with Crippen LogP contribution in [0.25, 0.3) is 0 Å². The number of amides is 1. The summed E-state index contributed by atoms with van der Waals surface area (Å²) in [6.45, 7) is 1.72. The van der Waals surface area contributed by atoms with E-state index in [1.807, 2.05) is 6.07 Å². The zero-order valence-corrected chi connectivity index (χ0v) is 12.5. The largest absolute Gasteiger partial charge is 0.493 e. The lowest BCUT2D eigenvalue weighted by atomic mass is 10.1. The minimum absolute atomic E-state index is 0.221. The molecule has 0 aliphatic rings. The maximum absolute atomic E-state index is 11.7. The van der Waals surface area contributed by atoms with E-state index in [4.69, 9.17) is 14.6 Å². The zero-order valence-electron chi connectivity index (χ0n) is 12.5. The molecule has 0 radical (unpaired) electrons. The molecule has 1 rings (SSSR count). The predicted molar refractivity (Wildman–Crippen MR) is 77.7 cm³/mol. The highest BCUT2D eigenvalue weighted by molar-refractivity contribution is 5.83. The molecule has 6 nitrogen and oxygen atoms in total. The number of carboxylic acid groups (broad SMARTS) is 1. The van der Waals surface area contributed by atoms with Crippen molar-refractivity contribution in [1.29, 1.82) is 0 Å². The summed E-state index contributed by atoms with van der Waals surface area (Å²) in [5, 5.41) is 11.4. The molecule has 0 aliphatic heterocycles. The molecule has 0 saturated carbocycles. The predicted octanol–water partition coefficient (Wildman–Crippen LogP) is 1.62. The molecule has 0 heterocycles. The number of aryl methyl sites for hydroxylation is 1. The van der Waals surface area contributed by atoms with E-state index in [1.54, 1.807) is 33.3 Å². The summed E-state index contributed by atoms with van der Waals surface area (Å²) in [6, 6.07) is 4.60. The first-order valence-corrected chi connectivity index (χ1v) is 6.74. The molecular weight excluding hydrogens is 274 g/mol. The summed E-state index contributed by atoms with van der Waals surface area (Å²) in [7, 11) is 3.11. The Morgan fingerprint density at radius 2 is 1.90 bits per heavy atom. The molecule has 0 fully saturated rings. The van der Waals surface area contributed by atoms with Crippen LogP contribution in [0.3, 0.4) is 0 Å². The topological polar surface area (TPSA) is 84.9 Å². The average molecular weight is 295 g/mol. The molecule has 0 bridgehead atoms. The highest BCUT2D eigenvalue weighted by Crippen LogP contribution is 2.27. The third kappa shape index (κ3) is 4.98. The van der Waals surface area contributed by atoms with Gasteiger partial charge < -0.3 is 19.9 Å². The van der Waals surface area contributed by atoms with Crippen LogP contribution in [0.2, 0.25) is 0 Å². The Bertz CT molecular complexity index is 501. The monoisotopic (exact) mass is 295 g/mol. The number of hydrogen-bond acceptors (Lipinski definition) is 4. The van der Waals surface area contributed by atoms with Gasteiger partial charge in [-0.25, -0.2) is 4.79 Å². The van der Waals surface area contributed by atoms with Crippen LogP contribution in [-0.4, -0.2) is 37.2 Å². The van der Waals surface area contributed by atoms with E-state index in [0.717, 1.165) is 5.56 Å². The van der Waals surface area contributed by atoms with E-state index in [-0.39, 0.29) is 12.3 Å². The highest BCUT2D eigenvalue weighted by atomic mass is 16.5. The van der Waals surface area contributed by atoms with Gasteiger partial charge in [0.2, 0.25) is 5.91 Å². The molecule has 6 heteroatoms. The van der Waals surface area contributed by atoms with Gasteiger partial charge in [-0.15, -0.1) is 0 Å². The first-order valence-electron chi connectivity index (χ1n) is 6.74. The lowest BCUT2D eigenvalue weighted by Gasteiger charge is -2.12. The summed E-state index contributed by atoms with van der Waals surface area (Å²) in [6.07, 6.45) is 1.08. The lowest BCUT2D eigenvalue weighted by Crippen LogP contribution is -2.40. The number of carbonyl (C=O) groups is 2. The van der Waals surface area contributed by atoms with E-state index in [0.29, 0.717) is 24.3 Å². The molecule has 1 aromatic rings. The van der Waals surface area contributed by atoms with Crippen LogP contribution in [0.5, 0.6) is 11.5 Å². The van der Waals surface area contributed by atoms with Crippen molar-refractivity contribution in [3.8, 4) is 11.5 Å². The van der Waals surface area contributed by atoms with Gasteiger partial charge in [0.1, 0.15) is 6.04 Å². The molecule has 21 heavy (non-hydrogen) atoms. The Morgan fingerprint density at radius 3 is 2.43 bits per heavy atom. The number of carboxylic acids is 1. The maximum Gasteiger partial charge on any atom is 0.326 e. The molecule has 1 unspecified atom stereocenters. The number of methoxy groups -OCH3 is 2. The van der Waals surface area contributed by atoms with Gasteiger partial charge in [0.05, 0.1) is 14.2 Å². The van der Waals surface area contributed by atoms with Crippen molar-refractivity contribution in [2.75, 3.05) is 14.2 Å². The van der Waals surface area contributed by atoms with Gasteiger partial charge in [-0.2, -0.15) is 0 Å². The van der Waals surface area contributed by atoms with Crippen LogP contribution in [0.15, 0.2) is 18.2 Å². The normalized spacial score (nSPS) is 11.6. The SMILES string of the molecule is CCC(NC(=O)CCc1ccc(OC)c(OC)c1)C(=O)O. The standard InChI is InChI=1S/C15H21NO5/c1-4-11(15(18)19)16-14(17)8-6-10-5-7-12(20-2)13(9-10)21-3/h5,7,9,11H,4,6,8H2,1-3H3,(H,16,17)(H,18,19). The molecule has 1 aromatic carbocycles. The fourth-order valence-electron chi connectivity index (χ4n) is 1.90. The Morgan fingerprint density at radius 1 is 1.24 bits per heavy atom. The van der Waals surface area contributed by atoms with Gasteiger partial charge in [-0.3, -0.25) is 4.79 Å². The van der Waals surface area contributed by atoms with Crippen LogP contribution in [0, 0.1) is 0 Å². The van der Waals surface area contributed by atoms with Crippen molar-refractivity contribution < 1.29 is 24.2 Å². The van der Waals surface area contributed by atoms with E-state index in [1.165, 1.54) is 0 Å². The average Bonchev–Trinajstić information content (AvgIpc) is 2.49. The van der Waals surface area contributed by atoms with Crippen LogP contribution in [0.1, 0.15) is 25.3 Å². The van der Waals surface area contributed by atoms with Crippen LogP contribution >= 0.6 is 0 Å². The summed E-state index contributed by atoms with van der Waals surface area (Å²) < 4.78 is 10.3. The molecule has 0 spiro atoms. The summed E-state index contributed by atoms with van der Waals surface area (Å²) >= 11 is 0. The van der Waals surface area contributed by atoms with E-state index >= 15 is 0 Å². The zero-order chi connectivity index (χ0) is 15.8.